The van der Waals surface area contributed by atoms with E-state index in [9.17, 15) is 4.79 Å². The molecule has 0 unspecified atom stereocenters. The van der Waals surface area contributed by atoms with E-state index in [1.54, 1.807) is 35.6 Å². The summed E-state index contributed by atoms with van der Waals surface area (Å²) in [4.78, 5) is 12.1. The first kappa shape index (κ1) is 12.3. The van der Waals surface area contributed by atoms with Crippen LogP contribution < -0.4 is 4.57 Å². The molecule has 0 radical (unpaired) electrons. The number of benzene rings is 1. The second-order valence-corrected chi connectivity index (χ2v) is 5.67. The average Bonchev–Trinajstić information content (AvgIpc) is 2.87. The van der Waals surface area contributed by atoms with Crippen LogP contribution in [0.1, 0.15) is 10.4 Å². The smallest absolute Gasteiger partial charge is 0.227 e. The van der Waals surface area contributed by atoms with E-state index >= 15 is 0 Å². The Hall–Kier alpha value is -1.71. The van der Waals surface area contributed by atoms with Gasteiger partial charge in [0.2, 0.25) is 12.3 Å². The van der Waals surface area contributed by atoms with Crippen LogP contribution in [0.4, 0.5) is 0 Å². The molecule has 0 fully saturated rings. The number of nitrogens with zero attached hydrogens (tertiary/aromatic N) is 1. The number of ketones is 1. The van der Waals surface area contributed by atoms with Crippen molar-refractivity contribution in [2.24, 2.45) is 0 Å². The fourth-order valence-electron chi connectivity index (χ4n) is 1.93. The quantitative estimate of drug-likeness (QED) is 0.531. The zero-order valence-corrected chi connectivity index (χ0v) is 11.6. The Bertz CT molecular complexity index is 733. The average molecular weight is 289 g/mol. The summed E-state index contributed by atoms with van der Waals surface area (Å²) in [7, 11) is 0. The molecule has 0 aliphatic carbocycles. The second kappa shape index (κ2) is 5.11. The molecular formula is C15H11ClNOS+. The Labute approximate surface area is 119 Å². The maximum Gasteiger partial charge on any atom is 0.227 e. The van der Waals surface area contributed by atoms with Gasteiger partial charge >= 0.3 is 0 Å². The van der Waals surface area contributed by atoms with Crippen LogP contribution in [0.25, 0.3) is 10.1 Å². The number of thiophene rings is 1. The van der Waals surface area contributed by atoms with Gasteiger partial charge in [0, 0.05) is 22.0 Å². The van der Waals surface area contributed by atoms with Crippen molar-refractivity contribution >= 4 is 38.8 Å². The summed E-state index contributed by atoms with van der Waals surface area (Å²) in [6.45, 7) is 0.343. The lowest BCUT2D eigenvalue weighted by atomic mass is 10.1. The topological polar surface area (TPSA) is 20.9 Å². The molecule has 1 aromatic carbocycles. The molecule has 0 N–H and O–H groups in total. The number of rotatable bonds is 3. The van der Waals surface area contributed by atoms with Crippen molar-refractivity contribution in [2.75, 3.05) is 0 Å². The van der Waals surface area contributed by atoms with Crippen molar-refractivity contribution < 1.29 is 9.36 Å². The Kier molecular flexibility index (Phi) is 3.32. The highest BCUT2D eigenvalue weighted by Gasteiger charge is 2.12. The van der Waals surface area contributed by atoms with E-state index in [-0.39, 0.29) is 5.78 Å². The lowest BCUT2D eigenvalue weighted by molar-refractivity contribution is -0.681. The Morgan fingerprint density at radius 3 is 2.74 bits per heavy atom. The molecule has 0 spiro atoms. The molecule has 2 heterocycles. The van der Waals surface area contributed by atoms with E-state index in [0.717, 1.165) is 0 Å². The van der Waals surface area contributed by atoms with E-state index in [2.05, 4.69) is 11.4 Å². The third-order valence-electron chi connectivity index (χ3n) is 2.95. The van der Waals surface area contributed by atoms with E-state index in [1.165, 1.54) is 10.1 Å². The standard InChI is InChI=1S/C15H11ClNOS/c16-13-3-1-11(2-4-13)14(18)9-17-7-5-12-6-8-19-15(12)10-17/h1-8,10H,9H2/q+1. The van der Waals surface area contributed by atoms with E-state index in [0.29, 0.717) is 17.1 Å². The first-order valence-corrected chi connectivity index (χ1v) is 7.13. The summed E-state index contributed by atoms with van der Waals surface area (Å²) in [5.74, 6) is 0.0811. The van der Waals surface area contributed by atoms with Gasteiger partial charge in [0.15, 0.2) is 12.4 Å². The van der Waals surface area contributed by atoms with Crippen molar-refractivity contribution in [3.8, 4) is 0 Å². The zero-order chi connectivity index (χ0) is 13.2. The molecule has 2 nitrogen and oxygen atoms in total. The molecule has 0 aliphatic rings. The van der Waals surface area contributed by atoms with Crippen LogP contribution in [-0.4, -0.2) is 5.78 Å². The summed E-state index contributed by atoms with van der Waals surface area (Å²) < 4.78 is 3.10. The van der Waals surface area contributed by atoms with E-state index in [1.807, 2.05) is 23.0 Å². The largest absolute Gasteiger partial charge is 0.287 e. The number of aromatic nitrogens is 1. The highest BCUT2D eigenvalue weighted by atomic mass is 35.5. The van der Waals surface area contributed by atoms with Gasteiger partial charge in [-0.3, -0.25) is 4.79 Å². The molecule has 3 rings (SSSR count). The van der Waals surface area contributed by atoms with Crippen molar-refractivity contribution in [3.05, 3.63) is 64.8 Å². The minimum atomic E-state index is 0.0811. The predicted molar refractivity (Wildman–Crippen MR) is 77.8 cm³/mol. The van der Waals surface area contributed by atoms with Gasteiger partial charge in [-0.05, 0) is 35.7 Å². The third kappa shape index (κ3) is 2.67. The minimum absolute atomic E-state index is 0.0811. The maximum atomic E-state index is 12.1. The van der Waals surface area contributed by atoms with Gasteiger partial charge in [0.05, 0.1) is 4.70 Å². The molecule has 4 heteroatoms. The molecule has 0 saturated heterocycles. The maximum absolute atomic E-state index is 12.1. The van der Waals surface area contributed by atoms with Crippen LogP contribution in [0.15, 0.2) is 54.2 Å². The SMILES string of the molecule is O=C(C[n+]1ccc2ccsc2c1)c1ccc(Cl)cc1. The van der Waals surface area contributed by atoms with Crippen LogP contribution in [-0.2, 0) is 6.54 Å². The first-order valence-electron chi connectivity index (χ1n) is 5.87. The number of carbonyl (C=O) groups excluding carboxylic acids is 1. The fraction of sp³-hybridized carbons (Fsp3) is 0.0667. The van der Waals surface area contributed by atoms with Crippen LogP contribution in [0.2, 0.25) is 5.02 Å². The van der Waals surface area contributed by atoms with Gasteiger partial charge in [0.25, 0.3) is 0 Å². The number of hydrogen-bond acceptors (Lipinski definition) is 2. The summed E-state index contributed by atoms with van der Waals surface area (Å²) in [6, 6.07) is 11.1. The fourth-order valence-corrected chi connectivity index (χ4v) is 2.89. The van der Waals surface area contributed by atoms with Gasteiger partial charge in [0.1, 0.15) is 0 Å². The number of hydrogen-bond donors (Lipinski definition) is 0. The number of carbonyl (C=O) groups is 1. The Morgan fingerprint density at radius 2 is 1.95 bits per heavy atom. The van der Waals surface area contributed by atoms with Crippen molar-refractivity contribution in [2.45, 2.75) is 6.54 Å². The lowest BCUT2D eigenvalue weighted by Crippen LogP contribution is -2.36. The summed E-state index contributed by atoms with van der Waals surface area (Å²) in [5, 5.41) is 3.90. The highest BCUT2D eigenvalue weighted by molar-refractivity contribution is 7.17. The molecule has 0 aliphatic heterocycles. The van der Waals surface area contributed by atoms with Crippen LogP contribution in [0, 0.1) is 0 Å². The van der Waals surface area contributed by atoms with Gasteiger partial charge in [-0.2, -0.15) is 4.57 Å². The molecule has 94 valence electrons. The number of Topliss-reactive ketones (excluding diaryl/α,β-unsaturated/α-hetero) is 1. The normalized spacial score (nSPS) is 10.8. The van der Waals surface area contributed by atoms with Crippen molar-refractivity contribution in [1.82, 2.24) is 0 Å². The van der Waals surface area contributed by atoms with Crippen molar-refractivity contribution in [1.29, 1.82) is 0 Å². The van der Waals surface area contributed by atoms with Crippen molar-refractivity contribution in [3.63, 3.8) is 0 Å². The number of halogens is 1. The van der Waals surface area contributed by atoms with Gasteiger partial charge in [-0.1, -0.05) is 11.6 Å². The molecule has 0 saturated carbocycles. The molecule has 0 amide bonds. The van der Waals surface area contributed by atoms with E-state index in [4.69, 9.17) is 11.6 Å². The summed E-state index contributed by atoms with van der Waals surface area (Å²) in [6.07, 6.45) is 3.94. The van der Waals surface area contributed by atoms with E-state index < -0.39 is 0 Å². The highest BCUT2D eigenvalue weighted by Crippen LogP contribution is 2.17. The first-order chi connectivity index (χ1) is 9.22. The van der Waals surface area contributed by atoms with Crippen LogP contribution in [0.5, 0.6) is 0 Å². The molecule has 19 heavy (non-hydrogen) atoms. The molecule has 0 bridgehead atoms. The van der Waals surface area contributed by atoms with Crippen LogP contribution >= 0.6 is 22.9 Å². The van der Waals surface area contributed by atoms with Gasteiger partial charge < -0.3 is 0 Å². The summed E-state index contributed by atoms with van der Waals surface area (Å²) >= 11 is 7.49. The molecule has 0 atom stereocenters. The molecular weight excluding hydrogens is 278 g/mol. The number of fused-ring (bicyclic) bond motifs is 1. The summed E-state index contributed by atoms with van der Waals surface area (Å²) in [5.41, 5.74) is 0.683. The van der Waals surface area contributed by atoms with Gasteiger partial charge in [-0.25, -0.2) is 0 Å². The minimum Gasteiger partial charge on any atom is -0.287 e. The van der Waals surface area contributed by atoms with Crippen LogP contribution in [0.3, 0.4) is 0 Å². The predicted octanol–water partition coefficient (Wildman–Crippen LogP) is 3.73. The lowest BCUT2D eigenvalue weighted by Gasteiger charge is -1.98. The Morgan fingerprint density at radius 1 is 1.16 bits per heavy atom. The second-order valence-electron chi connectivity index (χ2n) is 4.29. The van der Waals surface area contributed by atoms with Gasteiger partial charge in [-0.15, -0.1) is 11.3 Å². The third-order valence-corrected chi connectivity index (χ3v) is 4.07. The molecule has 3 aromatic rings. The monoisotopic (exact) mass is 288 g/mol. The number of pyridine rings is 1. The zero-order valence-electron chi connectivity index (χ0n) is 10.0. The molecule has 2 aromatic heterocycles. The Balaban J connectivity index is 1.83.